The van der Waals surface area contributed by atoms with Crippen molar-refractivity contribution < 1.29 is 9.50 Å². The molecule has 1 atom stereocenters. The fourth-order valence-corrected chi connectivity index (χ4v) is 0.949. The molecule has 0 aliphatic heterocycles. The van der Waals surface area contributed by atoms with Gasteiger partial charge in [-0.1, -0.05) is 0 Å². The second kappa shape index (κ2) is 3.51. The van der Waals surface area contributed by atoms with E-state index in [1.54, 1.807) is 0 Å². The van der Waals surface area contributed by atoms with Crippen molar-refractivity contribution in [3.05, 3.63) is 29.6 Å². The zero-order valence-electron chi connectivity index (χ0n) is 6.50. The van der Waals surface area contributed by atoms with Crippen LogP contribution in [0.3, 0.4) is 0 Å². The van der Waals surface area contributed by atoms with Gasteiger partial charge in [-0.15, -0.1) is 0 Å². The van der Waals surface area contributed by atoms with Crippen molar-refractivity contribution in [3.63, 3.8) is 0 Å². The Kier molecular flexibility index (Phi) is 2.62. The van der Waals surface area contributed by atoms with Gasteiger partial charge in [0.05, 0.1) is 0 Å². The molecule has 0 saturated heterocycles. The first kappa shape index (κ1) is 8.96. The first-order valence-electron chi connectivity index (χ1n) is 3.59. The summed E-state index contributed by atoms with van der Waals surface area (Å²) in [6.45, 7) is 0.178. The Labute approximate surface area is 69.8 Å². The molecule has 0 aromatic heterocycles. The number of hydrogen-bond acceptors (Lipinski definition) is 3. The molecular formula is C8H11FN2O. The summed E-state index contributed by atoms with van der Waals surface area (Å²) in [4.78, 5) is 0. The summed E-state index contributed by atoms with van der Waals surface area (Å²) in [5.74, 6) is -0.443. The molecule has 0 amide bonds. The minimum Gasteiger partial charge on any atom is -0.508 e. The maximum atomic E-state index is 12.6. The van der Waals surface area contributed by atoms with E-state index >= 15 is 0 Å². The molecule has 1 unspecified atom stereocenters. The van der Waals surface area contributed by atoms with E-state index in [2.05, 4.69) is 0 Å². The number of benzene rings is 1. The fraction of sp³-hybridized carbons (Fsp3) is 0.250. The van der Waals surface area contributed by atoms with Gasteiger partial charge < -0.3 is 16.6 Å². The fourth-order valence-electron chi connectivity index (χ4n) is 0.949. The van der Waals surface area contributed by atoms with Crippen LogP contribution in [0.5, 0.6) is 5.75 Å². The topological polar surface area (TPSA) is 72.3 Å². The van der Waals surface area contributed by atoms with Gasteiger partial charge in [-0.05, 0) is 18.2 Å². The lowest BCUT2D eigenvalue weighted by atomic mass is 10.1. The highest BCUT2D eigenvalue weighted by atomic mass is 19.1. The maximum Gasteiger partial charge on any atom is 0.123 e. The van der Waals surface area contributed by atoms with Crippen molar-refractivity contribution >= 4 is 0 Å². The molecule has 0 bridgehead atoms. The highest BCUT2D eigenvalue weighted by molar-refractivity contribution is 5.35. The number of rotatable bonds is 2. The minimum absolute atomic E-state index is 0.0191. The average Bonchev–Trinajstić information content (AvgIpc) is 2.08. The molecule has 0 spiro atoms. The van der Waals surface area contributed by atoms with Crippen LogP contribution >= 0.6 is 0 Å². The number of halogens is 1. The summed E-state index contributed by atoms with van der Waals surface area (Å²) in [5, 5.41) is 9.23. The minimum atomic E-state index is -0.513. The second-order valence-electron chi connectivity index (χ2n) is 2.55. The highest BCUT2D eigenvalue weighted by Crippen LogP contribution is 2.22. The lowest BCUT2D eigenvalue weighted by Gasteiger charge is -2.10. The average molecular weight is 170 g/mol. The van der Waals surface area contributed by atoms with Crippen molar-refractivity contribution in [2.24, 2.45) is 11.5 Å². The van der Waals surface area contributed by atoms with Crippen LogP contribution in [0.2, 0.25) is 0 Å². The molecule has 5 N–H and O–H groups in total. The third kappa shape index (κ3) is 1.72. The zero-order chi connectivity index (χ0) is 9.14. The summed E-state index contributed by atoms with van der Waals surface area (Å²) in [7, 11) is 0. The molecule has 1 aromatic carbocycles. The Balaban J connectivity index is 3.04. The maximum absolute atomic E-state index is 12.6. The molecule has 1 aromatic rings. The van der Waals surface area contributed by atoms with E-state index in [-0.39, 0.29) is 12.3 Å². The Morgan fingerprint density at radius 1 is 1.50 bits per heavy atom. The van der Waals surface area contributed by atoms with E-state index in [9.17, 15) is 9.50 Å². The van der Waals surface area contributed by atoms with Gasteiger partial charge in [0.1, 0.15) is 11.6 Å². The number of phenols is 1. The third-order valence-electron chi connectivity index (χ3n) is 1.64. The van der Waals surface area contributed by atoms with E-state index in [0.717, 1.165) is 0 Å². The normalized spacial score (nSPS) is 12.9. The third-order valence-corrected chi connectivity index (χ3v) is 1.64. The van der Waals surface area contributed by atoms with Crippen LogP contribution in [-0.2, 0) is 0 Å². The van der Waals surface area contributed by atoms with Gasteiger partial charge in [-0.2, -0.15) is 0 Å². The van der Waals surface area contributed by atoms with Gasteiger partial charge in [0.2, 0.25) is 0 Å². The monoisotopic (exact) mass is 170 g/mol. The van der Waals surface area contributed by atoms with Crippen LogP contribution < -0.4 is 11.5 Å². The van der Waals surface area contributed by atoms with Crippen LogP contribution in [-0.4, -0.2) is 11.7 Å². The molecule has 1 rings (SSSR count). The molecular weight excluding hydrogens is 159 g/mol. The number of phenolic OH excluding ortho intramolecular Hbond substituents is 1. The Morgan fingerprint density at radius 2 is 2.17 bits per heavy atom. The van der Waals surface area contributed by atoms with Gasteiger partial charge in [0, 0.05) is 18.2 Å². The van der Waals surface area contributed by atoms with Crippen molar-refractivity contribution in [2.45, 2.75) is 6.04 Å². The van der Waals surface area contributed by atoms with Crippen LogP contribution in [0, 0.1) is 5.82 Å². The lowest BCUT2D eigenvalue weighted by molar-refractivity contribution is 0.459. The first-order valence-corrected chi connectivity index (χ1v) is 3.59. The van der Waals surface area contributed by atoms with E-state index in [0.29, 0.717) is 5.56 Å². The van der Waals surface area contributed by atoms with Crippen molar-refractivity contribution in [3.8, 4) is 5.75 Å². The van der Waals surface area contributed by atoms with Crippen molar-refractivity contribution in [1.29, 1.82) is 0 Å². The van der Waals surface area contributed by atoms with Crippen molar-refractivity contribution in [2.75, 3.05) is 6.54 Å². The lowest BCUT2D eigenvalue weighted by Crippen LogP contribution is -2.20. The standard InChI is InChI=1S/C8H11FN2O/c9-5-1-2-8(12)6(3-5)7(11)4-10/h1-3,7,12H,4,10-11H2. The van der Waals surface area contributed by atoms with Crippen LogP contribution in [0.1, 0.15) is 11.6 Å². The van der Waals surface area contributed by atoms with Crippen LogP contribution in [0.25, 0.3) is 0 Å². The summed E-state index contributed by atoms with van der Waals surface area (Å²) >= 11 is 0. The SMILES string of the molecule is NCC(N)c1cc(F)ccc1O. The number of aromatic hydroxyl groups is 1. The zero-order valence-corrected chi connectivity index (χ0v) is 6.50. The van der Waals surface area contributed by atoms with E-state index in [1.807, 2.05) is 0 Å². The van der Waals surface area contributed by atoms with E-state index < -0.39 is 11.9 Å². The van der Waals surface area contributed by atoms with Crippen molar-refractivity contribution in [1.82, 2.24) is 0 Å². The van der Waals surface area contributed by atoms with Gasteiger partial charge in [0.25, 0.3) is 0 Å². The smallest absolute Gasteiger partial charge is 0.123 e. The second-order valence-corrected chi connectivity index (χ2v) is 2.55. The molecule has 3 nitrogen and oxygen atoms in total. The molecule has 66 valence electrons. The molecule has 0 aliphatic rings. The molecule has 0 heterocycles. The molecule has 0 fully saturated rings. The molecule has 4 heteroatoms. The Hall–Kier alpha value is -1.13. The Bertz CT molecular complexity index is 278. The van der Waals surface area contributed by atoms with E-state index in [4.69, 9.17) is 11.5 Å². The number of hydrogen-bond donors (Lipinski definition) is 3. The van der Waals surface area contributed by atoms with Gasteiger partial charge in [-0.25, -0.2) is 4.39 Å². The van der Waals surface area contributed by atoms with Crippen LogP contribution in [0.15, 0.2) is 18.2 Å². The predicted octanol–water partition coefficient (Wildman–Crippen LogP) is 0.490. The molecule has 12 heavy (non-hydrogen) atoms. The molecule has 0 saturated carbocycles. The van der Waals surface area contributed by atoms with Gasteiger partial charge in [0.15, 0.2) is 0 Å². The summed E-state index contributed by atoms with van der Waals surface area (Å²) in [6, 6.07) is 3.11. The van der Waals surface area contributed by atoms with Gasteiger partial charge in [-0.3, -0.25) is 0 Å². The molecule has 0 aliphatic carbocycles. The predicted molar refractivity (Wildman–Crippen MR) is 44.0 cm³/mol. The van der Waals surface area contributed by atoms with Crippen LogP contribution in [0.4, 0.5) is 4.39 Å². The number of nitrogens with two attached hydrogens (primary N) is 2. The highest BCUT2D eigenvalue weighted by Gasteiger charge is 2.09. The summed E-state index contributed by atoms with van der Waals surface area (Å²) in [5.41, 5.74) is 11.1. The van der Waals surface area contributed by atoms with E-state index in [1.165, 1.54) is 18.2 Å². The first-order chi connectivity index (χ1) is 5.65. The Morgan fingerprint density at radius 3 is 2.75 bits per heavy atom. The largest absolute Gasteiger partial charge is 0.508 e. The molecule has 0 radical (unpaired) electrons. The summed E-state index contributed by atoms with van der Waals surface area (Å²) in [6.07, 6.45) is 0. The summed E-state index contributed by atoms with van der Waals surface area (Å²) < 4.78 is 12.6. The van der Waals surface area contributed by atoms with Gasteiger partial charge >= 0.3 is 0 Å². The quantitative estimate of drug-likeness (QED) is 0.604.